The van der Waals surface area contributed by atoms with Gasteiger partial charge in [-0.15, -0.1) is 0 Å². The highest BCUT2D eigenvalue weighted by atomic mass is 16.6. The Bertz CT molecular complexity index is 899. The zero-order valence-electron chi connectivity index (χ0n) is 21.5. The number of carbonyl (C=O) groups excluding carboxylic acids is 3. The van der Waals surface area contributed by atoms with Crippen LogP contribution in [0.25, 0.3) is 0 Å². The lowest BCUT2D eigenvalue weighted by atomic mass is 9.63. The summed E-state index contributed by atoms with van der Waals surface area (Å²) in [5.74, 6) is 0.445. The molecule has 0 amide bonds. The monoisotopic (exact) mass is 472 g/mol. The van der Waals surface area contributed by atoms with Crippen LogP contribution in [-0.2, 0) is 28.6 Å². The van der Waals surface area contributed by atoms with Crippen LogP contribution in [0.5, 0.6) is 0 Å². The van der Waals surface area contributed by atoms with Crippen LogP contribution in [0.3, 0.4) is 0 Å². The van der Waals surface area contributed by atoms with Gasteiger partial charge in [-0.05, 0) is 68.3 Å². The van der Waals surface area contributed by atoms with Gasteiger partial charge < -0.3 is 14.2 Å². The summed E-state index contributed by atoms with van der Waals surface area (Å²) in [6.45, 7) is 11.8. The molecule has 2 fully saturated rings. The lowest BCUT2D eigenvalue weighted by Crippen LogP contribution is -2.45. The van der Waals surface area contributed by atoms with E-state index in [0.717, 1.165) is 25.7 Å². The van der Waals surface area contributed by atoms with Crippen LogP contribution in [0.15, 0.2) is 23.8 Å². The highest BCUT2D eigenvalue weighted by Gasteiger charge is 2.65. The summed E-state index contributed by atoms with van der Waals surface area (Å²) in [5.41, 5.74) is 0.784. The zero-order valence-corrected chi connectivity index (χ0v) is 21.5. The van der Waals surface area contributed by atoms with Gasteiger partial charge in [0.1, 0.15) is 18.3 Å². The number of hydrogen-bond acceptors (Lipinski definition) is 6. The van der Waals surface area contributed by atoms with Crippen LogP contribution in [0.4, 0.5) is 0 Å². The molecule has 0 aromatic rings. The van der Waals surface area contributed by atoms with Gasteiger partial charge in [-0.1, -0.05) is 39.0 Å². The predicted molar refractivity (Wildman–Crippen MR) is 127 cm³/mol. The molecule has 6 heteroatoms. The summed E-state index contributed by atoms with van der Waals surface area (Å²) < 4.78 is 17.3. The van der Waals surface area contributed by atoms with Crippen molar-refractivity contribution in [3.05, 3.63) is 23.8 Å². The van der Waals surface area contributed by atoms with Gasteiger partial charge in [0.15, 0.2) is 0 Å². The third-order valence-electron chi connectivity index (χ3n) is 8.81. The van der Waals surface area contributed by atoms with Crippen LogP contribution in [0, 0.1) is 34.5 Å². The van der Waals surface area contributed by atoms with Crippen molar-refractivity contribution in [2.24, 2.45) is 34.5 Å². The molecule has 0 bridgehead atoms. The van der Waals surface area contributed by atoms with Gasteiger partial charge >= 0.3 is 17.9 Å². The third kappa shape index (κ3) is 4.70. The number of allylic oxidation sites excluding steroid dienone is 3. The van der Waals surface area contributed by atoms with Gasteiger partial charge in [0, 0.05) is 19.3 Å². The first kappa shape index (κ1) is 25.0. The molecule has 34 heavy (non-hydrogen) atoms. The standard InChI is InChI=1S/C28H40O6/c1-7-27(5,6)26(31)34-23-11-16(2)10-19-9-8-17(3)28(25(19)23)15-20(28)12-21-13-22(32-18(4)29)14-24(30)33-21/h8-10,16-17,20-23,25H,7,11-15H2,1-6H3/t16-,17-,20?,21+,22+,23-,25+,28?/m0/s1. The first-order valence-electron chi connectivity index (χ1n) is 12.9. The molecule has 0 radical (unpaired) electrons. The molecule has 2 unspecified atom stereocenters. The summed E-state index contributed by atoms with van der Waals surface area (Å²) >= 11 is 0. The maximum atomic E-state index is 13.1. The van der Waals surface area contributed by atoms with E-state index in [1.165, 1.54) is 12.5 Å². The van der Waals surface area contributed by atoms with Crippen LogP contribution in [0.1, 0.15) is 80.1 Å². The molecule has 6 nitrogen and oxygen atoms in total. The third-order valence-corrected chi connectivity index (χ3v) is 8.81. The molecule has 4 aliphatic rings. The van der Waals surface area contributed by atoms with Crippen LogP contribution in [-0.4, -0.2) is 36.2 Å². The Kier molecular flexibility index (Phi) is 6.73. The Labute approximate surface area is 203 Å². The number of ether oxygens (including phenoxy) is 3. The summed E-state index contributed by atoms with van der Waals surface area (Å²) in [6.07, 6.45) is 10.1. The Morgan fingerprint density at radius 2 is 1.94 bits per heavy atom. The minimum atomic E-state index is -0.501. The topological polar surface area (TPSA) is 78.9 Å². The van der Waals surface area contributed by atoms with E-state index in [1.54, 1.807) is 0 Å². The van der Waals surface area contributed by atoms with E-state index in [0.29, 0.717) is 24.2 Å². The van der Waals surface area contributed by atoms with Gasteiger partial charge in [-0.25, -0.2) is 0 Å². The Morgan fingerprint density at radius 3 is 2.62 bits per heavy atom. The van der Waals surface area contributed by atoms with E-state index in [9.17, 15) is 14.4 Å². The van der Waals surface area contributed by atoms with Gasteiger partial charge in [-0.3, -0.25) is 14.4 Å². The van der Waals surface area contributed by atoms with Crippen molar-refractivity contribution in [1.29, 1.82) is 0 Å². The molecule has 4 rings (SSSR count). The molecule has 188 valence electrons. The van der Waals surface area contributed by atoms with Crippen molar-refractivity contribution in [1.82, 2.24) is 0 Å². The van der Waals surface area contributed by atoms with Crippen LogP contribution < -0.4 is 0 Å². The van der Waals surface area contributed by atoms with E-state index in [2.05, 4.69) is 32.1 Å². The maximum Gasteiger partial charge on any atom is 0.311 e. The number of rotatable bonds is 6. The van der Waals surface area contributed by atoms with Crippen LogP contribution >= 0.6 is 0 Å². The Hall–Kier alpha value is -2.11. The van der Waals surface area contributed by atoms with E-state index < -0.39 is 11.5 Å². The summed E-state index contributed by atoms with van der Waals surface area (Å²) in [4.78, 5) is 36.6. The molecule has 0 N–H and O–H groups in total. The van der Waals surface area contributed by atoms with E-state index >= 15 is 0 Å². The minimum absolute atomic E-state index is 0.00279. The molecule has 0 aromatic heterocycles. The first-order valence-corrected chi connectivity index (χ1v) is 12.9. The van der Waals surface area contributed by atoms with E-state index in [4.69, 9.17) is 14.2 Å². The fourth-order valence-electron chi connectivity index (χ4n) is 6.55. The Balaban J connectivity index is 1.54. The van der Waals surface area contributed by atoms with Gasteiger partial charge in [0.05, 0.1) is 11.8 Å². The van der Waals surface area contributed by atoms with Gasteiger partial charge in [0.25, 0.3) is 0 Å². The number of esters is 3. The van der Waals surface area contributed by atoms with Crippen molar-refractivity contribution in [3.63, 3.8) is 0 Å². The molecular weight excluding hydrogens is 432 g/mol. The second-order valence-electron chi connectivity index (χ2n) is 11.7. The summed E-state index contributed by atoms with van der Waals surface area (Å²) in [7, 11) is 0. The average Bonchev–Trinajstić information content (AvgIpc) is 3.43. The lowest BCUT2D eigenvalue weighted by Gasteiger charge is -2.45. The predicted octanol–water partition coefficient (Wildman–Crippen LogP) is 5.16. The molecule has 1 spiro atoms. The smallest absolute Gasteiger partial charge is 0.311 e. The molecule has 1 saturated carbocycles. The summed E-state index contributed by atoms with van der Waals surface area (Å²) in [5, 5.41) is 0. The quantitative estimate of drug-likeness (QED) is 0.393. The fraction of sp³-hybridized carbons (Fsp3) is 0.750. The maximum absolute atomic E-state index is 13.1. The largest absolute Gasteiger partial charge is 0.462 e. The van der Waals surface area contributed by atoms with Gasteiger partial charge in [0.2, 0.25) is 0 Å². The molecule has 3 aliphatic carbocycles. The van der Waals surface area contributed by atoms with Crippen molar-refractivity contribution in [3.8, 4) is 0 Å². The molecule has 0 aromatic carbocycles. The number of fused-ring (bicyclic) bond motifs is 2. The average molecular weight is 473 g/mol. The second kappa shape index (κ2) is 9.16. The molecule has 8 atom stereocenters. The normalized spacial score (nSPS) is 39.1. The molecule has 1 heterocycles. The van der Waals surface area contributed by atoms with Crippen molar-refractivity contribution in [2.75, 3.05) is 0 Å². The number of carbonyl (C=O) groups is 3. The first-order chi connectivity index (χ1) is 16.0. The van der Waals surface area contributed by atoms with Crippen molar-refractivity contribution >= 4 is 17.9 Å². The highest BCUT2D eigenvalue weighted by Crippen LogP contribution is 2.70. The highest BCUT2D eigenvalue weighted by molar-refractivity contribution is 5.76. The van der Waals surface area contributed by atoms with E-state index in [1.807, 2.05) is 20.8 Å². The van der Waals surface area contributed by atoms with Gasteiger partial charge in [-0.2, -0.15) is 0 Å². The van der Waals surface area contributed by atoms with Crippen molar-refractivity contribution < 1.29 is 28.6 Å². The molecule has 1 saturated heterocycles. The zero-order chi connectivity index (χ0) is 24.8. The van der Waals surface area contributed by atoms with Crippen LogP contribution in [0.2, 0.25) is 0 Å². The van der Waals surface area contributed by atoms with Crippen molar-refractivity contribution in [2.45, 2.75) is 98.4 Å². The van der Waals surface area contributed by atoms with E-state index in [-0.39, 0.29) is 47.9 Å². The summed E-state index contributed by atoms with van der Waals surface area (Å²) in [6, 6.07) is 0. The second-order valence-corrected chi connectivity index (χ2v) is 11.7. The molecule has 1 aliphatic heterocycles. The SMILES string of the molecule is CCC(C)(C)C(=O)O[C@H]1C[C@@H](C)C=C2C=C[C@H](C)C3(CC3C[C@@H]3C[C@@H](OC(C)=O)CC(=O)O3)[C@H]21. The fourth-order valence-corrected chi connectivity index (χ4v) is 6.55. The molecular formula is C28H40O6. The minimum Gasteiger partial charge on any atom is -0.462 e. The number of hydrogen-bond donors (Lipinski definition) is 0. The number of cyclic esters (lactones) is 1. The lowest BCUT2D eigenvalue weighted by molar-refractivity contribution is -0.170. The Morgan fingerprint density at radius 1 is 1.21 bits per heavy atom.